The molecule has 0 amide bonds. The van der Waals surface area contributed by atoms with Crippen molar-refractivity contribution in [2.24, 2.45) is 0 Å². The molecule has 0 bridgehead atoms. The normalized spacial score (nSPS) is 17.2. The van der Waals surface area contributed by atoms with Gasteiger partial charge in [-0.2, -0.15) is 9.61 Å². The van der Waals surface area contributed by atoms with Gasteiger partial charge >= 0.3 is 0 Å². The number of aromatic nitrogens is 3. The van der Waals surface area contributed by atoms with Crippen molar-refractivity contribution in [3.05, 3.63) is 42.1 Å². The molecule has 4 rings (SSSR count). The van der Waals surface area contributed by atoms with E-state index in [-0.39, 0.29) is 12.6 Å². The topological polar surface area (TPSA) is 62.9 Å². The summed E-state index contributed by atoms with van der Waals surface area (Å²) in [5, 5.41) is 14.2. The van der Waals surface area contributed by atoms with Gasteiger partial charge in [-0.3, -0.25) is 0 Å². The lowest BCUT2D eigenvalue weighted by atomic mass is 9.98. The lowest BCUT2D eigenvalue weighted by Gasteiger charge is -2.26. The molecule has 1 atom stereocenters. The summed E-state index contributed by atoms with van der Waals surface area (Å²) in [5.41, 5.74) is 3.88. The standard InChI is InChI=1S/C21H26N4O2/c1-14(2)15-6-7-19(27-3)17(11-15)18-12-21(24-10-4-5-16(24)13-26)25-20(23-18)8-9-22-25/h6-9,11-12,14,16,26H,4-5,10,13H2,1-3H3. The monoisotopic (exact) mass is 366 g/mol. The van der Waals surface area contributed by atoms with Crippen molar-refractivity contribution < 1.29 is 9.84 Å². The predicted octanol–water partition coefficient (Wildman–Crippen LogP) is 3.49. The highest BCUT2D eigenvalue weighted by Crippen LogP contribution is 2.35. The zero-order chi connectivity index (χ0) is 19.0. The number of benzene rings is 1. The van der Waals surface area contributed by atoms with Crippen LogP contribution in [0.2, 0.25) is 0 Å². The van der Waals surface area contributed by atoms with Crippen LogP contribution in [-0.2, 0) is 0 Å². The number of rotatable bonds is 5. The molecule has 0 saturated carbocycles. The molecule has 0 spiro atoms. The van der Waals surface area contributed by atoms with Crippen LogP contribution >= 0.6 is 0 Å². The van der Waals surface area contributed by atoms with Crippen molar-refractivity contribution >= 4 is 11.5 Å². The third kappa shape index (κ3) is 3.14. The molecule has 6 heteroatoms. The second-order valence-corrected chi connectivity index (χ2v) is 7.39. The molecule has 1 aliphatic rings. The maximum atomic E-state index is 9.78. The number of hydrogen-bond acceptors (Lipinski definition) is 5. The molecule has 3 aromatic rings. The Bertz CT molecular complexity index is 951. The van der Waals surface area contributed by atoms with E-state index in [0.29, 0.717) is 5.92 Å². The second-order valence-electron chi connectivity index (χ2n) is 7.39. The zero-order valence-corrected chi connectivity index (χ0v) is 16.1. The van der Waals surface area contributed by atoms with Crippen molar-refractivity contribution in [1.29, 1.82) is 0 Å². The van der Waals surface area contributed by atoms with E-state index in [4.69, 9.17) is 9.72 Å². The van der Waals surface area contributed by atoms with Crippen LogP contribution in [0, 0.1) is 0 Å². The zero-order valence-electron chi connectivity index (χ0n) is 16.1. The van der Waals surface area contributed by atoms with Gasteiger partial charge in [-0.25, -0.2) is 4.98 Å². The first-order valence-corrected chi connectivity index (χ1v) is 9.53. The third-order valence-corrected chi connectivity index (χ3v) is 5.39. The summed E-state index contributed by atoms with van der Waals surface area (Å²) in [7, 11) is 1.69. The number of aliphatic hydroxyl groups excluding tert-OH is 1. The molecule has 6 nitrogen and oxygen atoms in total. The van der Waals surface area contributed by atoms with Gasteiger partial charge in [0.2, 0.25) is 0 Å². The molecule has 1 fully saturated rings. The Kier molecular flexibility index (Phi) is 4.74. The first kappa shape index (κ1) is 17.8. The molecule has 3 heterocycles. The van der Waals surface area contributed by atoms with Crippen molar-refractivity contribution in [2.75, 3.05) is 25.2 Å². The van der Waals surface area contributed by atoms with Gasteiger partial charge in [0.25, 0.3) is 0 Å². The Hall–Kier alpha value is -2.60. The molecule has 27 heavy (non-hydrogen) atoms. The minimum atomic E-state index is 0.122. The maximum absolute atomic E-state index is 9.78. The van der Waals surface area contributed by atoms with Crippen LogP contribution in [0.4, 0.5) is 5.82 Å². The Labute approximate surface area is 159 Å². The third-order valence-electron chi connectivity index (χ3n) is 5.39. The van der Waals surface area contributed by atoms with E-state index in [2.05, 4.69) is 42.0 Å². The van der Waals surface area contributed by atoms with Crippen LogP contribution in [0.1, 0.15) is 38.2 Å². The van der Waals surface area contributed by atoms with Crippen LogP contribution in [-0.4, -0.2) is 46.0 Å². The molecule has 1 unspecified atom stereocenters. The molecule has 1 N–H and O–H groups in total. The van der Waals surface area contributed by atoms with E-state index in [9.17, 15) is 5.11 Å². The molecular weight excluding hydrogens is 340 g/mol. The molecule has 0 radical (unpaired) electrons. The van der Waals surface area contributed by atoms with Gasteiger partial charge < -0.3 is 14.7 Å². The highest BCUT2D eigenvalue weighted by molar-refractivity contribution is 5.73. The first-order valence-electron chi connectivity index (χ1n) is 9.53. The van der Waals surface area contributed by atoms with E-state index < -0.39 is 0 Å². The van der Waals surface area contributed by atoms with Gasteiger partial charge in [-0.15, -0.1) is 0 Å². The number of anilines is 1. The summed E-state index contributed by atoms with van der Waals surface area (Å²) >= 11 is 0. The molecule has 2 aromatic heterocycles. The summed E-state index contributed by atoms with van der Waals surface area (Å²) in [4.78, 5) is 7.07. The molecule has 1 aliphatic heterocycles. The number of methoxy groups -OCH3 is 1. The van der Waals surface area contributed by atoms with Crippen molar-refractivity contribution in [1.82, 2.24) is 14.6 Å². The Balaban J connectivity index is 1.90. The van der Waals surface area contributed by atoms with Gasteiger partial charge in [0.15, 0.2) is 5.65 Å². The van der Waals surface area contributed by atoms with Gasteiger partial charge in [-0.1, -0.05) is 19.9 Å². The lowest BCUT2D eigenvalue weighted by Crippen LogP contribution is -2.33. The maximum Gasteiger partial charge on any atom is 0.157 e. The number of aliphatic hydroxyl groups is 1. The fourth-order valence-electron chi connectivity index (χ4n) is 3.85. The quantitative estimate of drug-likeness (QED) is 0.749. The van der Waals surface area contributed by atoms with Crippen molar-refractivity contribution in [2.45, 2.75) is 38.6 Å². The second kappa shape index (κ2) is 7.19. The van der Waals surface area contributed by atoms with Crippen LogP contribution in [0.25, 0.3) is 16.9 Å². The SMILES string of the molecule is COc1ccc(C(C)C)cc1-c1cc(N2CCCC2CO)n2nccc2n1. The van der Waals surface area contributed by atoms with Gasteiger partial charge in [0.1, 0.15) is 11.6 Å². The predicted molar refractivity (Wildman–Crippen MR) is 107 cm³/mol. The highest BCUT2D eigenvalue weighted by atomic mass is 16.5. The molecular formula is C21H26N4O2. The van der Waals surface area contributed by atoms with Crippen molar-refractivity contribution in [3.63, 3.8) is 0 Å². The van der Waals surface area contributed by atoms with Gasteiger partial charge in [0, 0.05) is 24.2 Å². The highest BCUT2D eigenvalue weighted by Gasteiger charge is 2.27. The first-order chi connectivity index (χ1) is 13.1. The number of ether oxygens (including phenoxy) is 1. The summed E-state index contributed by atoms with van der Waals surface area (Å²) in [6, 6.07) is 10.4. The minimum Gasteiger partial charge on any atom is -0.496 e. The van der Waals surface area contributed by atoms with Crippen LogP contribution in [0.3, 0.4) is 0 Å². The van der Waals surface area contributed by atoms with E-state index in [1.54, 1.807) is 13.3 Å². The van der Waals surface area contributed by atoms with Crippen molar-refractivity contribution in [3.8, 4) is 17.0 Å². The molecule has 1 saturated heterocycles. The van der Waals surface area contributed by atoms with E-state index in [1.165, 1.54) is 5.56 Å². The number of nitrogens with zero attached hydrogens (tertiary/aromatic N) is 4. The average molecular weight is 366 g/mol. The summed E-state index contributed by atoms with van der Waals surface area (Å²) < 4.78 is 7.48. The fourth-order valence-corrected chi connectivity index (χ4v) is 3.85. The summed E-state index contributed by atoms with van der Waals surface area (Å²) in [6.45, 7) is 5.42. The largest absolute Gasteiger partial charge is 0.496 e. The van der Waals surface area contributed by atoms with Crippen LogP contribution in [0.5, 0.6) is 5.75 Å². The summed E-state index contributed by atoms with van der Waals surface area (Å²) in [5.74, 6) is 2.19. The van der Waals surface area contributed by atoms with E-state index in [1.807, 2.05) is 16.6 Å². The summed E-state index contributed by atoms with van der Waals surface area (Å²) in [6.07, 6.45) is 3.82. The lowest BCUT2D eigenvalue weighted by molar-refractivity contribution is 0.266. The van der Waals surface area contributed by atoms with Gasteiger partial charge in [0.05, 0.1) is 31.6 Å². The Morgan fingerprint density at radius 3 is 2.85 bits per heavy atom. The average Bonchev–Trinajstić information content (AvgIpc) is 3.35. The molecule has 1 aromatic carbocycles. The minimum absolute atomic E-state index is 0.122. The van der Waals surface area contributed by atoms with E-state index in [0.717, 1.165) is 47.9 Å². The van der Waals surface area contributed by atoms with E-state index >= 15 is 0 Å². The Morgan fingerprint density at radius 2 is 2.11 bits per heavy atom. The van der Waals surface area contributed by atoms with Crippen LogP contribution < -0.4 is 9.64 Å². The smallest absolute Gasteiger partial charge is 0.157 e. The van der Waals surface area contributed by atoms with Crippen LogP contribution in [0.15, 0.2) is 36.5 Å². The number of hydrogen-bond donors (Lipinski definition) is 1. The van der Waals surface area contributed by atoms with Gasteiger partial charge in [-0.05, 0) is 36.5 Å². The number of fused-ring (bicyclic) bond motifs is 1. The molecule has 0 aliphatic carbocycles. The fraction of sp³-hybridized carbons (Fsp3) is 0.429. The molecule has 142 valence electrons. The Morgan fingerprint density at radius 1 is 1.26 bits per heavy atom.